The second kappa shape index (κ2) is 5.52. The Balaban J connectivity index is 3.03. The van der Waals surface area contributed by atoms with Crippen molar-refractivity contribution in [3.63, 3.8) is 0 Å². The number of thiol groups is 2. The van der Waals surface area contributed by atoms with Crippen LogP contribution in [0.15, 0.2) is 30.3 Å². The van der Waals surface area contributed by atoms with E-state index in [4.69, 9.17) is 24.4 Å². The van der Waals surface area contributed by atoms with Gasteiger partial charge in [-0.1, -0.05) is 0 Å². The Hall–Kier alpha value is 0.658. The Bertz CT molecular complexity index is 308. The van der Waals surface area contributed by atoms with E-state index in [-0.39, 0.29) is 0 Å². The molecule has 0 heterocycles. The summed E-state index contributed by atoms with van der Waals surface area (Å²) in [6, 6.07) is 10.00. The van der Waals surface area contributed by atoms with Gasteiger partial charge in [-0.25, -0.2) is 0 Å². The van der Waals surface area contributed by atoms with Crippen LogP contribution in [0.5, 0.6) is 0 Å². The van der Waals surface area contributed by atoms with Crippen molar-refractivity contribution in [2.75, 3.05) is 0 Å². The maximum absolute atomic E-state index is 5.07. The van der Waals surface area contributed by atoms with Gasteiger partial charge in [0.2, 0.25) is 0 Å². The van der Waals surface area contributed by atoms with Crippen molar-refractivity contribution in [1.82, 2.24) is 0 Å². The van der Waals surface area contributed by atoms with Crippen LogP contribution >= 0.6 is 49.7 Å². The summed E-state index contributed by atoms with van der Waals surface area (Å²) in [5, 5.41) is 0. The van der Waals surface area contributed by atoms with E-state index in [0.717, 1.165) is 0 Å². The van der Waals surface area contributed by atoms with E-state index in [1.54, 1.807) is 0 Å². The van der Waals surface area contributed by atoms with Gasteiger partial charge in [-0.15, -0.1) is 0 Å². The summed E-state index contributed by atoms with van der Waals surface area (Å²) in [5.41, 5.74) is 0. The number of thiocarbonyl (C=S) groups is 2. The van der Waals surface area contributed by atoms with Crippen molar-refractivity contribution < 1.29 is 0 Å². The zero-order valence-electron chi connectivity index (χ0n) is 6.54. The van der Waals surface area contributed by atoms with Crippen LogP contribution in [0.4, 0.5) is 0 Å². The molecule has 68 valence electrons. The van der Waals surface area contributed by atoms with Crippen LogP contribution < -0.4 is 4.35 Å². The third-order valence-electron chi connectivity index (χ3n) is 1.40. The molecule has 13 heavy (non-hydrogen) atoms. The summed E-state index contributed by atoms with van der Waals surface area (Å²) in [6.45, 7) is 0. The number of hydrogen-bond donors (Lipinski definition) is 2. The molecule has 0 fully saturated rings. The molecule has 0 aromatic heterocycles. The standard InChI is InChI=1S/C8H7AsS4/c10-7(11)9(8(12)13)6-4-2-1-3-5-6/h1-5H,(H,10,11)(H,12,13). The molecule has 5 heteroatoms. The Kier molecular flexibility index (Phi) is 4.98. The predicted octanol–water partition coefficient (Wildman–Crippen LogP) is 1.98. The van der Waals surface area contributed by atoms with Gasteiger partial charge in [0.1, 0.15) is 0 Å². The molecule has 1 aromatic carbocycles. The van der Waals surface area contributed by atoms with Gasteiger partial charge in [-0.2, -0.15) is 0 Å². The van der Waals surface area contributed by atoms with Crippen molar-refractivity contribution in [2.24, 2.45) is 0 Å². The van der Waals surface area contributed by atoms with E-state index in [2.05, 4.69) is 25.3 Å². The fourth-order valence-electron chi connectivity index (χ4n) is 0.880. The van der Waals surface area contributed by atoms with Crippen LogP contribution in [-0.2, 0) is 0 Å². The Morgan fingerprint density at radius 2 is 1.46 bits per heavy atom. The summed E-state index contributed by atoms with van der Waals surface area (Å²) in [6.07, 6.45) is 0. The van der Waals surface area contributed by atoms with Gasteiger partial charge in [-0.05, 0) is 0 Å². The number of rotatable bonds is 3. The second-order valence-corrected chi connectivity index (χ2v) is 11.8. The summed E-state index contributed by atoms with van der Waals surface area (Å²) < 4.78 is 2.60. The SMILES string of the molecule is S=C(S)[As](C(=S)S)c1ccccc1. The molecule has 1 rings (SSSR count). The van der Waals surface area contributed by atoms with E-state index < -0.39 is 14.7 Å². The zero-order valence-corrected chi connectivity index (χ0v) is 11.8. The van der Waals surface area contributed by atoms with Gasteiger partial charge in [0.05, 0.1) is 0 Å². The molecule has 1 aromatic rings. The molecule has 0 N–H and O–H groups in total. The second-order valence-electron chi connectivity index (χ2n) is 2.24. The molecule has 0 bridgehead atoms. The molecule has 0 saturated heterocycles. The normalized spacial score (nSPS) is 10.1. The van der Waals surface area contributed by atoms with Crippen molar-refractivity contribution in [3.8, 4) is 0 Å². The molecule has 0 saturated carbocycles. The average Bonchev–Trinajstić information content (AvgIpc) is 2.04. The quantitative estimate of drug-likeness (QED) is 0.498. The first-order valence-electron chi connectivity index (χ1n) is 3.44. The maximum atomic E-state index is 5.07. The van der Waals surface area contributed by atoms with Crippen LogP contribution in [0.2, 0.25) is 0 Å². The van der Waals surface area contributed by atoms with Crippen LogP contribution in [0.3, 0.4) is 0 Å². The monoisotopic (exact) mass is 306 g/mol. The van der Waals surface area contributed by atoms with Crippen molar-refractivity contribution in [1.29, 1.82) is 0 Å². The topological polar surface area (TPSA) is 0 Å². The molecule has 0 aliphatic rings. The van der Waals surface area contributed by atoms with Gasteiger partial charge in [0.25, 0.3) is 0 Å². The van der Waals surface area contributed by atoms with Crippen molar-refractivity contribution in [2.45, 2.75) is 0 Å². The van der Waals surface area contributed by atoms with E-state index in [0.29, 0.717) is 5.97 Å². The molecule has 0 amide bonds. The van der Waals surface area contributed by atoms with E-state index in [9.17, 15) is 0 Å². The van der Waals surface area contributed by atoms with Crippen LogP contribution in [0, 0.1) is 0 Å². The first-order valence-corrected chi connectivity index (χ1v) is 7.96. The van der Waals surface area contributed by atoms with E-state index in [1.807, 2.05) is 30.3 Å². The fourth-order valence-corrected chi connectivity index (χ4v) is 8.83. The first-order chi connectivity index (χ1) is 6.13. The third kappa shape index (κ3) is 3.37. The molecule has 0 spiro atoms. The summed E-state index contributed by atoms with van der Waals surface area (Å²) in [4.78, 5) is 0. The molecule has 0 aliphatic heterocycles. The third-order valence-corrected chi connectivity index (χ3v) is 8.69. The van der Waals surface area contributed by atoms with Gasteiger partial charge < -0.3 is 0 Å². The number of benzene rings is 1. The van der Waals surface area contributed by atoms with Gasteiger partial charge in [0, 0.05) is 0 Å². The fraction of sp³-hybridized carbons (Fsp3) is 0. The Labute approximate surface area is 104 Å². The van der Waals surface area contributed by atoms with Gasteiger partial charge >= 0.3 is 105 Å². The minimum absolute atomic E-state index is 0.707. The molecule has 0 atom stereocenters. The van der Waals surface area contributed by atoms with Crippen LogP contribution in [-0.4, -0.2) is 20.6 Å². The molecular weight excluding hydrogens is 299 g/mol. The molecule has 0 radical (unpaired) electrons. The molecule has 0 nitrogen and oxygen atoms in total. The van der Waals surface area contributed by atoms with Crippen molar-refractivity contribution >= 4 is 74.7 Å². The Morgan fingerprint density at radius 3 is 1.85 bits per heavy atom. The molecule has 0 aliphatic carbocycles. The first kappa shape index (κ1) is 11.7. The predicted molar refractivity (Wildman–Crippen MR) is 75.0 cm³/mol. The summed E-state index contributed by atoms with van der Waals surface area (Å²) >= 11 is 16.9. The van der Waals surface area contributed by atoms with Crippen LogP contribution in [0.1, 0.15) is 0 Å². The average molecular weight is 306 g/mol. The zero-order chi connectivity index (χ0) is 9.84. The Morgan fingerprint density at radius 1 is 1.00 bits per heavy atom. The van der Waals surface area contributed by atoms with E-state index >= 15 is 0 Å². The summed E-state index contributed by atoms with van der Waals surface area (Å²) in [7, 11) is 0. The molecular formula is C8H7AsS4. The van der Waals surface area contributed by atoms with Gasteiger partial charge in [-0.3, -0.25) is 0 Å². The summed E-state index contributed by atoms with van der Waals surface area (Å²) in [5.74, 6) is 0. The van der Waals surface area contributed by atoms with E-state index in [1.165, 1.54) is 4.35 Å². The van der Waals surface area contributed by atoms with Crippen molar-refractivity contribution in [3.05, 3.63) is 30.3 Å². The van der Waals surface area contributed by atoms with Crippen LogP contribution in [0.25, 0.3) is 0 Å². The molecule has 0 unspecified atom stereocenters. The minimum atomic E-state index is -1.62. The number of hydrogen-bond acceptors (Lipinski definition) is 2. The van der Waals surface area contributed by atoms with Gasteiger partial charge in [0.15, 0.2) is 0 Å².